The predicted octanol–water partition coefficient (Wildman–Crippen LogP) is 4.98. The van der Waals surface area contributed by atoms with Crippen molar-refractivity contribution in [3.05, 3.63) is 47.0 Å². The van der Waals surface area contributed by atoms with Crippen LogP contribution in [0.1, 0.15) is 56.3 Å². The second-order valence-corrected chi connectivity index (χ2v) is 9.96. The molecule has 2 aromatic carbocycles. The molecule has 0 saturated carbocycles. The molecule has 0 aliphatic carbocycles. The number of esters is 1. The Morgan fingerprint density at radius 2 is 1.51 bits per heavy atom. The second-order valence-electron chi connectivity index (χ2n) is 9.96. The lowest BCUT2D eigenvalue weighted by Crippen LogP contribution is -2.42. The van der Waals surface area contributed by atoms with E-state index in [1.165, 1.54) is 11.1 Å². The van der Waals surface area contributed by atoms with E-state index >= 15 is 0 Å². The Balaban J connectivity index is 1.93. The van der Waals surface area contributed by atoms with Gasteiger partial charge in [0.15, 0.2) is 23.0 Å². The molecule has 0 saturated heterocycles. The first-order valence-corrected chi connectivity index (χ1v) is 12.0. The highest BCUT2D eigenvalue weighted by molar-refractivity contribution is 5.69. The van der Waals surface area contributed by atoms with Crippen molar-refractivity contribution in [2.24, 2.45) is 0 Å². The molecule has 0 N–H and O–H groups in total. The van der Waals surface area contributed by atoms with Crippen molar-refractivity contribution in [2.45, 2.75) is 64.1 Å². The molecule has 1 aliphatic heterocycles. The van der Waals surface area contributed by atoms with E-state index < -0.39 is 5.60 Å². The Hall–Kier alpha value is -2.93. The summed E-state index contributed by atoms with van der Waals surface area (Å²) in [6.45, 7) is 5.69. The molecule has 3 rings (SSSR count). The van der Waals surface area contributed by atoms with Gasteiger partial charge in [0, 0.05) is 18.5 Å². The highest BCUT2D eigenvalue weighted by Crippen LogP contribution is 2.42. The van der Waals surface area contributed by atoms with Crippen LogP contribution in [0.4, 0.5) is 0 Å². The minimum Gasteiger partial charge on any atom is -0.493 e. The first-order valence-electron chi connectivity index (χ1n) is 12.0. The van der Waals surface area contributed by atoms with E-state index in [1.807, 2.05) is 32.9 Å². The molecule has 0 spiro atoms. The van der Waals surface area contributed by atoms with Crippen molar-refractivity contribution in [2.75, 3.05) is 35.5 Å². The number of methoxy groups -OCH3 is 4. The van der Waals surface area contributed by atoms with E-state index in [0.717, 1.165) is 18.4 Å². The molecule has 192 valence electrons. The number of fused-ring (bicyclic) bond motifs is 1. The normalized spacial score (nSPS) is 17.9. The zero-order valence-corrected chi connectivity index (χ0v) is 22.3. The molecule has 0 fully saturated rings. The van der Waals surface area contributed by atoms with Crippen molar-refractivity contribution in [3.8, 4) is 23.0 Å². The molecule has 7 heteroatoms. The monoisotopic (exact) mass is 485 g/mol. The number of likely N-dealkylation sites (N-methyl/N-ethyl adjacent to an activating group) is 1. The minimum atomic E-state index is -0.484. The van der Waals surface area contributed by atoms with Gasteiger partial charge in [0.25, 0.3) is 0 Å². The average molecular weight is 486 g/mol. The van der Waals surface area contributed by atoms with E-state index in [-0.39, 0.29) is 18.1 Å². The van der Waals surface area contributed by atoms with Gasteiger partial charge < -0.3 is 23.7 Å². The van der Waals surface area contributed by atoms with E-state index in [2.05, 4.69) is 30.1 Å². The minimum absolute atomic E-state index is 0.0836. The van der Waals surface area contributed by atoms with Crippen LogP contribution in [0.5, 0.6) is 23.0 Å². The van der Waals surface area contributed by atoms with Crippen LogP contribution in [0.25, 0.3) is 0 Å². The van der Waals surface area contributed by atoms with Crippen LogP contribution < -0.4 is 18.9 Å². The Morgan fingerprint density at radius 3 is 2.11 bits per heavy atom. The quantitative estimate of drug-likeness (QED) is 0.464. The third-order valence-corrected chi connectivity index (χ3v) is 6.51. The molecule has 0 bridgehead atoms. The lowest BCUT2D eigenvalue weighted by molar-refractivity contribution is -0.155. The molecule has 7 nitrogen and oxygen atoms in total. The van der Waals surface area contributed by atoms with Gasteiger partial charge in [-0.1, -0.05) is 6.07 Å². The first-order chi connectivity index (χ1) is 16.6. The van der Waals surface area contributed by atoms with Crippen molar-refractivity contribution in [3.63, 3.8) is 0 Å². The van der Waals surface area contributed by atoms with Crippen molar-refractivity contribution in [1.29, 1.82) is 0 Å². The van der Waals surface area contributed by atoms with E-state index in [9.17, 15) is 4.79 Å². The Kier molecular flexibility index (Phi) is 8.54. The van der Waals surface area contributed by atoms with Gasteiger partial charge in [0.2, 0.25) is 0 Å². The molecule has 0 amide bonds. The maximum Gasteiger partial charge on any atom is 0.306 e. The molecule has 35 heavy (non-hydrogen) atoms. The predicted molar refractivity (Wildman–Crippen MR) is 136 cm³/mol. The number of nitrogens with zero attached hydrogens (tertiary/aromatic N) is 1. The largest absolute Gasteiger partial charge is 0.493 e. The van der Waals surface area contributed by atoms with Gasteiger partial charge in [0.1, 0.15) is 5.60 Å². The van der Waals surface area contributed by atoms with Crippen LogP contribution in [0, 0.1) is 0 Å². The summed E-state index contributed by atoms with van der Waals surface area (Å²) in [7, 11) is 8.72. The molecule has 2 unspecified atom stereocenters. The highest BCUT2D eigenvalue weighted by Gasteiger charge is 2.34. The summed E-state index contributed by atoms with van der Waals surface area (Å²) in [5.74, 6) is 2.67. The lowest BCUT2D eigenvalue weighted by Gasteiger charge is -2.41. The van der Waals surface area contributed by atoms with Crippen LogP contribution in [0.3, 0.4) is 0 Å². The number of benzene rings is 2. The van der Waals surface area contributed by atoms with Crippen LogP contribution in [-0.2, 0) is 22.4 Å². The molecule has 2 atom stereocenters. The summed E-state index contributed by atoms with van der Waals surface area (Å²) >= 11 is 0. The number of rotatable bonds is 9. The van der Waals surface area contributed by atoms with Crippen LogP contribution in [-0.4, -0.2) is 58.0 Å². The third kappa shape index (κ3) is 6.40. The fourth-order valence-corrected chi connectivity index (χ4v) is 4.76. The molecule has 0 radical (unpaired) electrons. The van der Waals surface area contributed by atoms with Gasteiger partial charge in [-0.2, -0.15) is 0 Å². The van der Waals surface area contributed by atoms with Gasteiger partial charge in [0.05, 0.1) is 28.4 Å². The molecular formula is C28H39NO6. The van der Waals surface area contributed by atoms with E-state index in [1.54, 1.807) is 28.4 Å². The summed E-state index contributed by atoms with van der Waals surface area (Å²) in [4.78, 5) is 14.8. The number of hydrogen-bond acceptors (Lipinski definition) is 7. The molecular weight excluding hydrogens is 446 g/mol. The van der Waals surface area contributed by atoms with Crippen LogP contribution in [0.2, 0.25) is 0 Å². The van der Waals surface area contributed by atoms with E-state index in [4.69, 9.17) is 23.7 Å². The maximum atomic E-state index is 12.4. The SMILES string of the molecule is COc1ccc(CC2c3cc(OC)c(OC)cc3CC(CCC(=O)OC(C)(C)C)N2C)cc1OC. The summed E-state index contributed by atoms with van der Waals surface area (Å²) in [5.41, 5.74) is 3.06. The first kappa shape index (κ1) is 26.7. The van der Waals surface area contributed by atoms with Gasteiger partial charge in [-0.3, -0.25) is 9.69 Å². The Labute approximate surface area is 209 Å². The highest BCUT2D eigenvalue weighted by atomic mass is 16.6. The fraction of sp³-hybridized carbons (Fsp3) is 0.536. The van der Waals surface area contributed by atoms with Gasteiger partial charge >= 0.3 is 5.97 Å². The number of ether oxygens (including phenoxy) is 5. The Morgan fingerprint density at radius 1 is 0.914 bits per heavy atom. The van der Waals surface area contributed by atoms with Crippen LogP contribution in [0.15, 0.2) is 30.3 Å². The summed E-state index contributed by atoms with van der Waals surface area (Å²) in [6.07, 6.45) is 2.67. The smallest absolute Gasteiger partial charge is 0.306 e. The molecule has 1 heterocycles. The average Bonchev–Trinajstić information content (AvgIpc) is 2.82. The van der Waals surface area contributed by atoms with Crippen molar-refractivity contribution >= 4 is 5.97 Å². The third-order valence-electron chi connectivity index (χ3n) is 6.51. The second kappa shape index (κ2) is 11.2. The number of carbonyl (C=O) groups excluding carboxylic acids is 1. The summed E-state index contributed by atoms with van der Waals surface area (Å²) < 4.78 is 27.7. The van der Waals surface area contributed by atoms with Gasteiger partial charge in [-0.25, -0.2) is 0 Å². The maximum absolute atomic E-state index is 12.4. The lowest BCUT2D eigenvalue weighted by atomic mass is 9.84. The molecule has 0 aromatic heterocycles. The zero-order valence-electron chi connectivity index (χ0n) is 22.3. The number of carbonyl (C=O) groups is 1. The topological polar surface area (TPSA) is 66.5 Å². The van der Waals surface area contributed by atoms with Crippen molar-refractivity contribution < 1.29 is 28.5 Å². The van der Waals surface area contributed by atoms with Crippen molar-refractivity contribution in [1.82, 2.24) is 4.90 Å². The van der Waals surface area contributed by atoms with E-state index in [0.29, 0.717) is 35.8 Å². The molecule has 1 aliphatic rings. The van der Waals surface area contributed by atoms with Crippen LogP contribution >= 0.6 is 0 Å². The standard InChI is InChI=1S/C28H39NO6/c1-28(2,3)35-27(30)12-10-20-15-19-16-25(33-7)26(34-8)17-21(19)22(29(20)4)13-18-9-11-23(31-5)24(14-18)32-6/h9,11,14,16-17,20,22H,10,12-13,15H2,1-8H3. The Bertz CT molecular complexity index is 1030. The van der Waals surface area contributed by atoms with Gasteiger partial charge in [-0.15, -0.1) is 0 Å². The van der Waals surface area contributed by atoms with Gasteiger partial charge in [-0.05, 0) is 88.0 Å². The number of hydrogen-bond donors (Lipinski definition) is 0. The molecule has 2 aromatic rings. The zero-order chi connectivity index (χ0) is 25.8. The summed E-state index contributed by atoms with van der Waals surface area (Å²) in [5, 5.41) is 0. The fourth-order valence-electron chi connectivity index (χ4n) is 4.76. The summed E-state index contributed by atoms with van der Waals surface area (Å²) in [6, 6.07) is 10.5.